The summed E-state index contributed by atoms with van der Waals surface area (Å²) in [6.45, 7) is 16.0. The lowest BCUT2D eigenvalue weighted by atomic mass is 10.1. The maximum absolute atomic E-state index is 4.77. The van der Waals surface area contributed by atoms with Gasteiger partial charge in [0.1, 0.15) is 0 Å². The van der Waals surface area contributed by atoms with Crippen LogP contribution in [-0.2, 0) is 0 Å². The third-order valence-corrected chi connectivity index (χ3v) is 6.63. The Kier molecular flexibility index (Phi) is 4.37. The second-order valence-corrected chi connectivity index (χ2v) is 8.48. The summed E-state index contributed by atoms with van der Waals surface area (Å²) < 4.78 is 0. The van der Waals surface area contributed by atoms with E-state index in [0.29, 0.717) is 45.9 Å². The van der Waals surface area contributed by atoms with Crippen LogP contribution in [0.25, 0.3) is 44.9 Å². The van der Waals surface area contributed by atoms with Crippen LogP contribution in [-0.4, -0.2) is 29.9 Å². The monoisotopic (exact) mass is 424 g/mol. The average molecular weight is 425 g/mol. The smallest absolute Gasteiger partial charge is 0.158 e. The van der Waals surface area contributed by atoms with Gasteiger partial charge in [-0.05, 0) is 99.9 Å². The molecular formula is C24H24N8-2. The van der Waals surface area contributed by atoms with Crippen LogP contribution in [0.15, 0.2) is 0 Å². The minimum absolute atomic E-state index is 0.618. The third kappa shape index (κ3) is 2.90. The van der Waals surface area contributed by atoms with E-state index >= 15 is 0 Å². The van der Waals surface area contributed by atoms with Crippen molar-refractivity contribution in [2.24, 2.45) is 0 Å². The fraction of sp³-hybridized carbons (Fsp3) is 0.333. The van der Waals surface area contributed by atoms with E-state index in [1.165, 1.54) is 0 Å². The van der Waals surface area contributed by atoms with Gasteiger partial charge in [0.25, 0.3) is 0 Å². The van der Waals surface area contributed by atoms with Gasteiger partial charge >= 0.3 is 0 Å². The number of nitrogens with zero attached hydrogens (tertiary/aromatic N) is 8. The van der Waals surface area contributed by atoms with Crippen LogP contribution in [0.3, 0.4) is 0 Å². The Bertz CT molecular complexity index is 1430. The van der Waals surface area contributed by atoms with E-state index in [1.807, 2.05) is 55.4 Å². The van der Waals surface area contributed by atoms with Crippen LogP contribution < -0.4 is 9.97 Å². The molecule has 0 aliphatic carbocycles. The van der Waals surface area contributed by atoms with Gasteiger partial charge < -0.3 is 24.9 Å². The first-order valence-electron chi connectivity index (χ1n) is 10.6. The molecule has 0 saturated carbocycles. The summed E-state index contributed by atoms with van der Waals surface area (Å²) in [5, 5.41) is 0. The highest BCUT2D eigenvalue weighted by Gasteiger charge is 2.18. The topological polar surface area (TPSA) is 106 Å². The zero-order valence-electron chi connectivity index (χ0n) is 19.6. The lowest BCUT2D eigenvalue weighted by Crippen LogP contribution is -1.91. The number of allylic oxidation sites excluding steroid dienone is 4. The maximum atomic E-state index is 4.77. The van der Waals surface area contributed by atoms with Crippen LogP contribution in [0.4, 0.5) is 0 Å². The molecule has 0 saturated heterocycles. The molecule has 0 unspecified atom stereocenters. The van der Waals surface area contributed by atoms with E-state index in [4.69, 9.17) is 39.9 Å². The van der Waals surface area contributed by atoms with Gasteiger partial charge in [-0.1, -0.05) is 0 Å². The predicted molar refractivity (Wildman–Crippen MR) is 125 cm³/mol. The lowest BCUT2D eigenvalue weighted by molar-refractivity contribution is 1.05. The molecule has 3 aromatic rings. The van der Waals surface area contributed by atoms with Gasteiger partial charge in [0.2, 0.25) is 0 Å². The van der Waals surface area contributed by atoms with Crippen LogP contribution >= 0.6 is 0 Å². The Morgan fingerprint density at radius 1 is 0.344 bits per heavy atom. The molecule has 3 aromatic heterocycles. The number of rotatable bonds is 0. The van der Waals surface area contributed by atoms with E-state index in [-0.39, 0.29) is 0 Å². The average Bonchev–Trinajstić information content (AvgIpc) is 3.37. The lowest BCUT2D eigenvalue weighted by Gasteiger charge is -1.98. The molecule has 0 aromatic carbocycles. The number of aromatic nitrogens is 8. The van der Waals surface area contributed by atoms with Gasteiger partial charge in [0.15, 0.2) is 11.6 Å². The van der Waals surface area contributed by atoms with Crippen molar-refractivity contribution in [1.29, 1.82) is 0 Å². The molecule has 0 atom stereocenters. The predicted octanol–water partition coefficient (Wildman–Crippen LogP) is 4.29. The molecular weight excluding hydrogens is 400 g/mol. The Balaban J connectivity index is 1.99. The number of hydrogen-bond acceptors (Lipinski definition) is 6. The SMILES string of the molecule is CC1=C(C)c2nc1nc1nc(nc3[n-]c(nc4[n-]c(n2)c(C)c4C)c(C)c3C)C(C)=C1C. The first-order valence-corrected chi connectivity index (χ1v) is 10.6. The summed E-state index contributed by atoms with van der Waals surface area (Å²) in [6, 6.07) is 0. The molecule has 8 heteroatoms. The highest BCUT2D eigenvalue weighted by molar-refractivity contribution is 5.90. The van der Waals surface area contributed by atoms with E-state index in [9.17, 15) is 0 Å². The van der Waals surface area contributed by atoms with Crippen molar-refractivity contribution in [1.82, 2.24) is 39.9 Å². The summed E-state index contributed by atoms with van der Waals surface area (Å²) in [5.74, 6) is 2.47. The van der Waals surface area contributed by atoms with Crippen LogP contribution in [0.2, 0.25) is 0 Å². The fourth-order valence-electron chi connectivity index (χ4n) is 3.69. The number of fused-ring (bicyclic) bond motifs is 8. The van der Waals surface area contributed by atoms with Gasteiger partial charge in [-0.25, -0.2) is 15.0 Å². The van der Waals surface area contributed by atoms with Crippen molar-refractivity contribution >= 4 is 44.9 Å². The van der Waals surface area contributed by atoms with Crippen molar-refractivity contribution in [3.05, 3.63) is 45.6 Å². The summed E-state index contributed by atoms with van der Waals surface area (Å²) >= 11 is 0. The summed E-state index contributed by atoms with van der Waals surface area (Å²) in [7, 11) is 0. The second-order valence-electron chi connectivity index (χ2n) is 8.48. The second kappa shape index (κ2) is 6.91. The highest BCUT2D eigenvalue weighted by atomic mass is 15.1. The molecule has 5 heterocycles. The van der Waals surface area contributed by atoms with Crippen molar-refractivity contribution < 1.29 is 0 Å². The van der Waals surface area contributed by atoms with Gasteiger partial charge in [0.05, 0.1) is 11.6 Å². The van der Waals surface area contributed by atoms with Crippen LogP contribution in [0.1, 0.15) is 73.2 Å². The molecule has 0 radical (unpaired) electrons. The molecule has 0 fully saturated rings. The van der Waals surface area contributed by atoms with Crippen molar-refractivity contribution in [2.75, 3.05) is 0 Å². The number of aryl methyl sites for hydroxylation is 4. The van der Waals surface area contributed by atoms with Crippen molar-refractivity contribution in [2.45, 2.75) is 55.4 Å². The minimum atomic E-state index is 0.618. The highest BCUT2D eigenvalue weighted by Crippen LogP contribution is 2.30. The maximum Gasteiger partial charge on any atom is 0.158 e. The van der Waals surface area contributed by atoms with Gasteiger partial charge in [-0.15, -0.1) is 0 Å². The van der Waals surface area contributed by atoms with E-state index in [2.05, 4.69) is 0 Å². The molecule has 2 aliphatic rings. The molecule has 0 spiro atoms. The largest absolute Gasteiger partial charge is 0.358 e. The molecule has 162 valence electrons. The van der Waals surface area contributed by atoms with Crippen LogP contribution in [0.5, 0.6) is 0 Å². The summed E-state index contributed by atoms with van der Waals surface area (Å²) in [4.78, 5) is 37.9. The Labute approximate surface area is 186 Å². The summed E-state index contributed by atoms with van der Waals surface area (Å²) in [5.41, 5.74) is 10.3. The van der Waals surface area contributed by atoms with Crippen molar-refractivity contribution in [3.63, 3.8) is 0 Å². The van der Waals surface area contributed by atoms with Crippen LogP contribution in [0, 0.1) is 27.7 Å². The van der Waals surface area contributed by atoms with E-state index in [0.717, 1.165) is 44.5 Å². The zero-order chi connectivity index (χ0) is 22.9. The first-order chi connectivity index (χ1) is 15.2. The van der Waals surface area contributed by atoms with E-state index in [1.54, 1.807) is 0 Å². The standard InChI is InChI=1S/C24H24N8/c1-9-10(2)18-25-17(9)29-19-11(3)12(4)21(26-19)31-23-15(7)16(8)24(28-23)32-22-14(6)13(5)20(27-22)30-18/h1-8H3/q-2. The normalized spacial score (nSPS) is 14.0. The van der Waals surface area contributed by atoms with Gasteiger partial charge in [0, 0.05) is 22.6 Å². The summed E-state index contributed by atoms with van der Waals surface area (Å²) in [6.07, 6.45) is 0. The molecule has 8 bridgehead atoms. The van der Waals surface area contributed by atoms with Gasteiger partial charge in [-0.2, -0.15) is 0 Å². The first kappa shape index (κ1) is 20.2. The number of hydrogen-bond donors (Lipinski definition) is 0. The molecule has 0 amide bonds. The molecule has 0 N–H and O–H groups in total. The Morgan fingerprint density at radius 2 is 0.594 bits per heavy atom. The van der Waals surface area contributed by atoms with Gasteiger partial charge in [-0.3, -0.25) is 0 Å². The Morgan fingerprint density at radius 3 is 0.906 bits per heavy atom. The van der Waals surface area contributed by atoms with Crippen molar-refractivity contribution in [3.8, 4) is 0 Å². The molecule has 5 rings (SSSR count). The zero-order valence-corrected chi connectivity index (χ0v) is 19.6. The third-order valence-electron chi connectivity index (χ3n) is 6.63. The molecule has 2 aliphatic heterocycles. The molecule has 8 nitrogen and oxygen atoms in total. The molecule has 32 heavy (non-hydrogen) atoms. The Hall–Kier alpha value is -3.68. The minimum Gasteiger partial charge on any atom is -0.358 e. The van der Waals surface area contributed by atoms with E-state index < -0.39 is 0 Å². The quantitative estimate of drug-likeness (QED) is 0.526. The fourth-order valence-corrected chi connectivity index (χ4v) is 3.69.